The number of hydrogen-bond donors (Lipinski definition) is 3. The summed E-state index contributed by atoms with van der Waals surface area (Å²) < 4.78 is 15.9. The Balaban J connectivity index is 1.45. The molecular formula is C24H33N5O5S. The van der Waals surface area contributed by atoms with E-state index in [4.69, 9.17) is 14.2 Å². The predicted molar refractivity (Wildman–Crippen MR) is 134 cm³/mol. The first-order chi connectivity index (χ1) is 17.1. The number of nitrogens with zero attached hydrogens (tertiary/aromatic N) is 2. The summed E-state index contributed by atoms with van der Waals surface area (Å²) in [7, 11) is 3.29. The summed E-state index contributed by atoms with van der Waals surface area (Å²) in [6, 6.07) is 5.79. The molecule has 0 aliphatic carbocycles. The molecule has 2 atom stereocenters. The molecule has 1 aromatic carbocycles. The van der Waals surface area contributed by atoms with E-state index in [1.165, 1.54) is 11.3 Å². The van der Waals surface area contributed by atoms with Crippen LogP contribution in [0.3, 0.4) is 0 Å². The molecule has 10 nitrogen and oxygen atoms in total. The van der Waals surface area contributed by atoms with E-state index in [0.29, 0.717) is 49.3 Å². The highest BCUT2D eigenvalue weighted by molar-refractivity contribution is 7.14. The van der Waals surface area contributed by atoms with Gasteiger partial charge in [-0.2, -0.15) is 0 Å². The predicted octanol–water partition coefficient (Wildman–Crippen LogP) is 1.88. The van der Waals surface area contributed by atoms with Crippen molar-refractivity contribution in [3.05, 3.63) is 40.4 Å². The Bertz CT molecular complexity index is 1010. The smallest absolute Gasteiger partial charge is 0.275 e. The molecule has 35 heavy (non-hydrogen) atoms. The van der Waals surface area contributed by atoms with Crippen molar-refractivity contribution < 1.29 is 23.8 Å². The fraction of sp³-hybridized carbons (Fsp3) is 0.542. The lowest BCUT2D eigenvalue weighted by atomic mass is 10.1. The molecular weight excluding hydrogens is 470 g/mol. The van der Waals surface area contributed by atoms with Gasteiger partial charge >= 0.3 is 0 Å². The van der Waals surface area contributed by atoms with Gasteiger partial charge in [-0.05, 0) is 30.5 Å². The van der Waals surface area contributed by atoms with Crippen LogP contribution in [0.25, 0.3) is 0 Å². The van der Waals surface area contributed by atoms with Crippen LogP contribution in [0.1, 0.15) is 39.3 Å². The second-order valence-corrected chi connectivity index (χ2v) is 9.47. The van der Waals surface area contributed by atoms with Gasteiger partial charge in [-0.1, -0.05) is 6.07 Å². The maximum atomic E-state index is 13.0. The van der Waals surface area contributed by atoms with Gasteiger partial charge in [0.25, 0.3) is 11.8 Å². The first-order valence-electron chi connectivity index (χ1n) is 11.8. The Morgan fingerprint density at radius 3 is 2.89 bits per heavy atom. The van der Waals surface area contributed by atoms with Crippen molar-refractivity contribution >= 4 is 34.0 Å². The largest absolute Gasteiger partial charge is 0.383 e. The molecule has 2 aliphatic heterocycles. The molecule has 0 saturated carbocycles. The molecule has 2 aromatic rings. The van der Waals surface area contributed by atoms with Crippen molar-refractivity contribution in [1.82, 2.24) is 15.6 Å². The third-order valence-corrected chi connectivity index (χ3v) is 7.07. The van der Waals surface area contributed by atoms with Crippen LogP contribution in [-0.4, -0.2) is 82.6 Å². The van der Waals surface area contributed by atoms with E-state index in [-0.39, 0.29) is 17.9 Å². The number of anilines is 2. The van der Waals surface area contributed by atoms with Crippen molar-refractivity contribution in [2.24, 2.45) is 0 Å². The number of thiazole rings is 1. The number of methoxy groups -OCH3 is 2. The van der Waals surface area contributed by atoms with Gasteiger partial charge in [-0.3, -0.25) is 9.59 Å². The highest BCUT2D eigenvalue weighted by Crippen LogP contribution is 2.26. The maximum absolute atomic E-state index is 13.0. The zero-order chi connectivity index (χ0) is 24.6. The summed E-state index contributed by atoms with van der Waals surface area (Å²) in [5.74, 6) is -0.625. The van der Waals surface area contributed by atoms with Crippen LogP contribution in [0.2, 0.25) is 0 Å². The summed E-state index contributed by atoms with van der Waals surface area (Å²) >= 11 is 1.43. The lowest BCUT2D eigenvalue weighted by Gasteiger charge is -2.15. The van der Waals surface area contributed by atoms with Crippen LogP contribution in [0, 0.1) is 0 Å². The van der Waals surface area contributed by atoms with Crippen LogP contribution in [0.4, 0.5) is 10.8 Å². The van der Waals surface area contributed by atoms with Crippen LogP contribution >= 0.6 is 11.3 Å². The van der Waals surface area contributed by atoms with E-state index >= 15 is 0 Å². The molecule has 2 fully saturated rings. The van der Waals surface area contributed by atoms with Crippen molar-refractivity contribution in [3.63, 3.8) is 0 Å². The number of rotatable bonds is 11. The summed E-state index contributed by atoms with van der Waals surface area (Å²) in [5, 5.41) is 11.7. The molecule has 1 aromatic heterocycles. The van der Waals surface area contributed by atoms with Gasteiger partial charge in [0, 0.05) is 58.4 Å². The summed E-state index contributed by atoms with van der Waals surface area (Å²) in [4.78, 5) is 32.6. The number of benzene rings is 1. The van der Waals surface area contributed by atoms with E-state index < -0.39 is 0 Å². The second kappa shape index (κ2) is 12.4. The van der Waals surface area contributed by atoms with Crippen LogP contribution in [0.15, 0.2) is 23.6 Å². The standard InChI is InChI=1S/C24H33N5O5S/c1-32-10-7-25-22(30)19-11-16(12-26-17-6-9-34-14-17)3-4-20(19)27-23(31)21-15-35-24(28-21)29-8-5-18(13-29)33-2/h3-4,11,15,17-18,26H,5-10,12-14H2,1-2H3,(H,25,30)(H,27,31)/t17-,18-/m0/s1. The van der Waals surface area contributed by atoms with Gasteiger partial charge in [0.2, 0.25) is 0 Å². The molecule has 4 rings (SSSR count). The number of hydrogen-bond acceptors (Lipinski definition) is 9. The minimum absolute atomic E-state index is 0.185. The van der Waals surface area contributed by atoms with Gasteiger partial charge in [-0.15, -0.1) is 11.3 Å². The number of amides is 2. The van der Waals surface area contributed by atoms with Crippen molar-refractivity contribution in [3.8, 4) is 0 Å². The van der Waals surface area contributed by atoms with E-state index in [1.807, 2.05) is 12.1 Å². The van der Waals surface area contributed by atoms with E-state index in [0.717, 1.165) is 43.2 Å². The van der Waals surface area contributed by atoms with Crippen molar-refractivity contribution in [1.29, 1.82) is 0 Å². The Labute approximate surface area is 209 Å². The van der Waals surface area contributed by atoms with Crippen molar-refractivity contribution in [2.75, 3.05) is 63.9 Å². The SMILES string of the molecule is COCCNC(=O)c1cc(CN[C@H]2CCOC2)ccc1NC(=O)c1csc(N2CC[C@H](OC)C2)n1. The van der Waals surface area contributed by atoms with E-state index in [9.17, 15) is 9.59 Å². The quantitative estimate of drug-likeness (QED) is 0.399. The zero-order valence-electron chi connectivity index (χ0n) is 20.2. The van der Waals surface area contributed by atoms with Gasteiger partial charge in [0.15, 0.2) is 5.13 Å². The monoisotopic (exact) mass is 503 g/mol. The molecule has 2 saturated heterocycles. The minimum Gasteiger partial charge on any atom is -0.383 e. The molecule has 0 bridgehead atoms. The molecule has 0 radical (unpaired) electrons. The highest BCUT2D eigenvalue weighted by atomic mass is 32.1. The number of nitrogens with one attached hydrogen (secondary N) is 3. The van der Waals surface area contributed by atoms with Gasteiger partial charge < -0.3 is 35.1 Å². The maximum Gasteiger partial charge on any atom is 0.275 e. The highest BCUT2D eigenvalue weighted by Gasteiger charge is 2.25. The first kappa shape index (κ1) is 25.5. The van der Waals surface area contributed by atoms with E-state index in [2.05, 4.69) is 25.8 Å². The molecule has 0 unspecified atom stereocenters. The molecule has 190 valence electrons. The third-order valence-electron chi connectivity index (χ3n) is 6.17. The minimum atomic E-state index is -0.352. The summed E-state index contributed by atoms with van der Waals surface area (Å²) in [6.07, 6.45) is 2.09. The Hall–Kier alpha value is -2.57. The molecule has 3 heterocycles. The summed E-state index contributed by atoms with van der Waals surface area (Å²) in [6.45, 7) is 4.45. The third kappa shape index (κ3) is 6.77. The van der Waals surface area contributed by atoms with Crippen LogP contribution in [0.5, 0.6) is 0 Å². The molecule has 3 N–H and O–H groups in total. The van der Waals surface area contributed by atoms with Crippen molar-refractivity contribution in [2.45, 2.75) is 31.5 Å². The number of aromatic nitrogens is 1. The molecule has 2 amide bonds. The van der Waals surface area contributed by atoms with Gasteiger partial charge in [0.05, 0.1) is 30.6 Å². The molecule has 0 spiro atoms. The van der Waals surface area contributed by atoms with Gasteiger partial charge in [0.1, 0.15) is 5.69 Å². The second-order valence-electron chi connectivity index (χ2n) is 8.63. The van der Waals surface area contributed by atoms with Crippen LogP contribution in [-0.2, 0) is 20.8 Å². The molecule has 11 heteroatoms. The lowest BCUT2D eigenvalue weighted by molar-refractivity contribution is 0.0938. The fourth-order valence-corrected chi connectivity index (χ4v) is 4.95. The first-order valence-corrected chi connectivity index (χ1v) is 12.7. The number of carbonyl (C=O) groups is 2. The average Bonchev–Trinajstić information content (AvgIpc) is 3.65. The Morgan fingerprint density at radius 1 is 1.26 bits per heavy atom. The topological polar surface area (TPSA) is 114 Å². The molecule has 2 aliphatic rings. The summed E-state index contributed by atoms with van der Waals surface area (Å²) in [5.41, 5.74) is 2.11. The van der Waals surface area contributed by atoms with Crippen LogP contribution < -0.4 is 20.9 Å². The fourth-order valence-electron chi connectivity index (χ4n) is 4.11. The Kier molecular flexibility index (Phi) is 9.05. The number of ether oxygens (including phenoxy) is 3. The average molecular weight is 504 g/mol. The van der Waals surface area contributed by atoms with Gasteiger partial charge in [-0.25, -0.2) is 4.98 Å². The lowest BCUT2D eigenvalue weighted by Crippen LogP contribution is -2.30. The Morgan fingerprint density at radius 2 is 2.14 bits per heavy atom. The normalized spacial score (nSPS) is 19.8. The number of carbonyl (C=O) groups excluding carboxylic acids is 2. The van der Waals surface area contributed by atoms with E-state index in [1.54, 1.807) is 25.7 Å². The zero-order valence-corrected chi connectivity index (χ0v) is 21.0.